The average molecular weight is 735 g/mol. The highest BCUT2D eigenvalue weighted by molar-refractivity contribution is 6.09. The second-order valence-corrected chi connectivity index (χ2v) is 15.6. The zero-order valence-electron chi connectivity index (χ0n) is 31.3. The summed E-state index contributed by atoms with van der Waals surface area (Å²) in [5.74, 6) is -2.81. The van der Waals surface area contributed by atoms with Crippen LogP contribution in [0.3, 0.4) is 0 Å². The van der Waals surface area contributed by atoms with Crippen LogP contribution in [0.4, 0.5) is 0 Å². The lowest BCUT2D eigenvalue weighted by Gasteiger charge is -2.55. The Kier molecular flexibility index (Phi) is 10.9. The number of para-hydroxylation sites is 1. The van der Waals surface area contributed by atoms with Crippen LogP contribution < -0.4 is 10.5 Å². The normalized spacial score (nSPS) is 27.2. The maximum absolute atomic E-state index is 12.7. The number of aliphatic carboxylic acids is 2. The molecule has 53 heavy (non-hydrogen) atoms. The van der Waals surface area contributed by atoms with E-state index < -0.39 is 24.0 Å². The van der Waals surface area contributed by atoms with E-state index in [1.165, 1.54) is 4.90 Å². The Labute approximate surface area is 309 Å². The average Bonchev–Trinajstić information content (AvgIpc) is 3.62. The summed E-state index contributed by atoms with van der Waals surface area (Å²) >= 11 is 0. The maximum atomic E-state index is 12.7. The fraction of sp³-hybridized carbons (Fsp3) is 0.550. The molecule has 0 saturated carbocycles. The molecular formula is C40H54N4O9+2. The summed E-state index contributed by atoms with van der Waals surface area (Å²) in [6, 6.07) is 11.4. The van der Waals surface area contributed by atoms with E-state index in [1.807, 2.05) is 44.2 Å². The lowest BCUT2D eigenvalue weighted by molar-refractivity contribution is -1.08. The molecule has 2 aromatic carbocycles. The molecule has 4 unspecified atom stereocenters. The topological polar surface area (TPSA) is 181 Å². The lowest BCUT2D eigenvalue weighted by atomic mass is 9.78. The number of hydrogen-bond acceptors (Lipinski definition) is 7. The van der Waals surface area contributed by atoms with E-state index in [9.17, 15) is 29.4 Å². The SMILES string of the molecule is CC(O)C1C(=O)N2C(C(=O)O)=C(COc3cccc4oc5c(C[N+]67CC[N+](CC(N)=O)(CC6)CC7)cccc5c34)[C@H](C)C12.CCCCC(CC)C(=O)O. The molecule has 0 aliphatic carbocycles. The van der Waals surface area contributed by atoms with Crippen molar-refractivity contribution < 1.29 is 52.6 Å². The van der Waals surface area contributed by atoms with Gasteiger partial charge in [0.15, 0.2) is 6.54 Å². The predicted molar refractivity (Wildman–Crippen MR) is 197 cm³/mol. The Bertz CT molecular complexity index is 1910. The molecule has 0 spiro atoms. The standard InChI is InChI=1S/C32H36N4O7.C8H16O2/c1-18-22(29(32(40)41)34-28(18)26(19(2)37)31(34)39)17-42-23-7-4-8-24-27(23)21-6-3-5-20(30(21)43-24)15-35-9-12-36(13-10-35,14-11-35)16-25(33)38;1-3-5-6-7(4-2)8(9)10/h3-8,18-19,26,28,37H,9-17H2,1-2H3,(H-2,33,38,40,41);7H,3-6H2,1-2H3,(H,9,10)/p+2/t18-,19?,26?,28?,35?,36?;/m0./s1. The van der Waals surface area contributed by atoms with Gasteiger partial charge < -0.3 is 44.1 Å². The molecule has 5 aliphatic rings. The third-order valence-electron chi connectivity index (χ3n) is 12.4. The number of hydrogen-bond donors (Lipinski definition) is 4. The number of furan rings is 1. The molecule has 5 atom stereocenters. The Balaban J connectivity index is 0.000000423. The minimum atomic E-state index is -1.17. The van der Waals surface area contributed by atoms with Gasteiger partial charge in [0.25, 0.3) is 5.91 Å². The highest BCUT2D eigenvalue weighted by Crippen LogP contribution is 2.47. The number of carbonyl (C=O) groups is 4. The minimum Gasteiger partial charge on any atom is -0.488 e. The molecule has 13 heteroatoms. The number of primary amides is 1. The number of unbranched alkanes of at least 4 members (excludes halogenated alkanes) is 1. The zero-order chi connectivity index (χ0) is 38.2. The number of amides is 2. The van der Waals surface area contributed by atoms with Gasteiger partial charge in [-0.05, 0) is 38.0 Å². The van der Waals surface area contributed by atoms with Gasteiger partial charge in [0.2, 0.25) is 5.91 Å². The summed E-state index contributed by atoms with van der Waals surface area (Å²) < 4.78 is 14.5. The number of carbonyl (C=O) groups excluding carboxylic acids is 2. The van der Waals surface area contributed by atoms with E-state index in [1.54, 1.807) is 6.92 Å². The van der Waals surface area contributed by atoms with Gasteiger partial charge in [0, 0.05) is 22.4 Å². The molecule has 4 saturated heterocycles. The molecule has 13 nitrogen and oxygen atoms in total. The summed E-state index contributed by atoms with van der Waals surface area (Å²) in [5, 5.41) is 30.5. The van der Waals surface area contributed by atoms with Crippen molar-refractivity contribution in [3.8, 4) is 5.75 Å². The molecule has 2 amide bonds. The number of carboxylic acid groups (broad SMARTS) is 2. The van der Waals surface area contributed by atoms with Crippen molar-refractivity contribution in [1.82, 2.24) is 4.90 Å². The van der Waals surface area contributed by atoms with E-state index in [0.29, 0.717) is 23.5 Å². The number of carboxylic acids is 2. The van der Waals surface area contributed by atoms with E-state index in [0.717, 1.165) is 102 Å². The molecule has 6 heterocycles. The number of ether oxygens (including phenoxy) is 1. The Morgan fingerprint density at radius 3 is 2.26 bits per heavy atom. The molecule has 5 aliphatic heterocycles. The number of quaternary nitrogens is 2. The Hall–Kier alpha value is -4.46. The monoisotopic (exact) mass is 734 g/mol. The zero-order valence-corrected chi connectivity index (χ0v) is 31.3. The third kappa shape index (κ3) is 7.14. The van der Waals surface area contributed by atoms with Gasteiger partial charge in [0.05, 0.1) is 29.4 Å². The molecule has 4 fully saturated rings. The van der Waals surface area contributed by atoms with Crippen molar-refractivity contribution in [1.29, 1.82) is 0 Å². The Morgan fingerprint density at radius 1 is 1.02 bits per heavy atom. The summed E-state index contributed by atoms with van der Waals surface area (Å²) in [6.07, 6.45) is 2.86. The van der Waals surface area contributed by atoms with E-state index in [2.05, 4.69) is 13.0 Å². The van der Waals surface area contributed by atoms with Crippen molar-refractivity contribution in [2.45, 2.75) is 72.1 Å². The first-order chi connectivity index (χ1) is 25.2. The molecule has 286 valence electrons. The quantitative estimate of drug-likeness (QED) is 0.140. The van der Waals surface area contributed by atoms with Crippen LogP contribution in [0.2, 0.25) is 0 Å². The molecule has 3 aromatic rings. The van der Waals surface area contributed by atoms with Gasteiger partial charge >= 0.3 is 11.9 Å². The molecule has 2 bridgehead atoms. The molecule has 1 aromatic heterocycles. The number of piperazine rings is 3. The van der Waals surface area contributed by atoms with Gasteiger partial charge in [0.1, 0.15) is 75.0 Å². The minimum absolute atomic E-state index is 0.00634. The number of nitrogens with zero attached hydrogens (tertiary/aromatic N) is 3. The van der Waals surface area contributed by atoms with Gasteiger partial charge in [-0.15, -0.1) is 0 Å². The van der Waals surface area contributed by atoms with Crippen LogP contribution in [0.15, 0.2) is 52.1 Å². The fourth-order valence-electron chi connectivity index (χ4n) is 9.17. The van der Waals surface area contributed by atoms with Gasteiger partial charge in [-0.3, -0.25) is 14.4 Å². The molecular weight excluding hydrogens is 680 g/mol. The smallest absolute Gasteiger partial charge is 0.352 e. The van der Waals surface area contributed by atoms with Gasteiger partial charge in [-0.2, -0.15) is 0 Å². The molecule has 5 N–H and O–H groups in total. The number of fused-ring (bicyclic) bond motifs is 7. The van der Waals surface area contributed by atoms with Crippen molar-refractivity contribution in [2.75, 3.05) is 52.4 Å². The largest absolute Gasteiger partial charge is 0.488 e. The first-order valence-corrected chi connectivity index (χ1v) is 19.0. The van der Waals surface area contributed by atoms with Crippen LogP contribution >= 0.6 is 0 Å². The second-order valence-electron chi connectivity index (χ2n) is 15.6. The highest BCUT2D eigenvalue weighted by Gasteiger charge is 2.60. The van der Waals surface area contributed by atoms with Crippen LogP contribution in [0.1, 0.15) is 58.9 Å². The van der Waals surface area contributed by atoms with Crippen LogP contribution in [-0.2, 0) is 25.7 Å². The van der Waals surface area contributed by atoms with Crippen molar-refractivity contribution in [3.63, 3.8) is 0 Å². The fourth-order valence-corrected chi connectivity index (χ4v) is 9.17. The summed E-state index contributed by atoms with van der Waals surface area (Å²) in [6.45, 7) is 14.6. The van der Waals surface area contributed by atoms with Crippen molar-refractivity contribution >= 4 is 45.7 Å². The Morgan fingerprint density at radius 2 is 1.68 bits per heavy atom. The summed E-state index contributed by atoms with van der Waals surface area (Å²) in [7, 11) is 0. The maximum Gasteiger partial charge on any atom is 0.352 e. The van der Waals surface area contributed by atoms with E-state index in [4.69, 9.17) is 20.0 Å². The predicted octanol–water partition coefficient (Wildman–Crippen LogP) is 4.09. The van der Waals surface area contributed by atoms with Crippen LogP contribution in [0.25, 0.3) is 21.9 Å². The number of nitrogens with two attached hydrogens (primary N) is 1. The first-order valence-electron chi connectivity index (χ1n) is 19.0. The van der Waals surface area contributed by atoms with Gasteiger partial charge in [-0.1, -0.05) is 51.8 Å². The summed E-state index contributed by atoms with van der Waals surface area (Å²) in [4.78, 5) is 48.4. The van der Waals surface area contributed by atoms with Crippen molar-refractivity contribution in [2.24, 2.45) is 23.5 Å². The molecule has 0 radical (unpaired) electrons. The van der Waals surface area contributed by atoms with E-state index >= 15 is 0 Å². The van der Waals surface area contributed by atoms with Crippen LogP contribution in [0, 0.1) is 17.8 Å². The number of aliphatic hydroxyl groups is 1. The van der Waals surface area contributed by atoms with Crippen molar-refractivity contribution in [3.05, 3.63) is 53.2 Å². The number of aliphatic hydroxyl groups excluding tert-OH is 1. The van der Waals surface area contributed by atoms with Crippen LogP contribution in [0.5, 0.6) is 5.75 Å². The number of rotatable bonds is 14. The lowest BCUT2D eigenvalue weighted by Crippen LogP contribution is -2.75. The third-order valence-corrected chi connectivity index (χ3v) is 12.4. The summed E-state index contributed by atoms with van der Waals surface area (Å²) in [5.41, 5.74) is 8.69. The second kappa shape index (κ2) is 15.1. The number of β-lactam (4-membered cyclic amide) rings is 1. The van der Waals surface area contributed by atoms with Gasteiger partial charge in [-0.25, -0.2) is 4.79 Å². The first kappa shape index (κ1) is 38.3. The van der Waals surface area contributed by atoms with Crippen LogP contribution in [-0.4, -0.2) is 118 Å². The highest BCUT2D eigenvalue weighted by atomic mass is 16.5. The molecule has 8 rings (SSSR count). The van der Waals surface area contributed by atoms with E-state index in [-0.39, 0.29) is 42.0 Å². The number of benzene rings is 2.